The first-order valence-corrected chi connectivity index (χ1v) is 56.0. The van der Waals surface area contributed by atoms with Gasteiger partial charge in [-0.2, -0.15) is 0 Å². The van der Waals surface area contributed by atoms with Crippen LogP contribution in [0, 0.1) is 94.7 Å². The fourth-order valence-electron chi connectivity index (χ4n) is 36.2. The minimum atomic E-state index is 0.572. The Morgan fingerprint density at radius 3 is 0.731 bits per heavy atom. The summed E-state index contributed by atoms with van der Waals surface area (Å²) in [7, 11) is 0. The van der Waals surface area contributed by atoms with E-state index < -0.39 is 0 Å². The highest BCUT2D eigenvalue weighted by molar-refractivity contribution is 6.24. The number of hydrogen-bond acceptors (Lipinski definition) is 2. The number of nitrogens with zero attached hydrogens (tertiary/aromatic N) is 2. The van der Waals surface area contributed by atoms with E-state index in [1.165, 1.54) is 390 Å². The van der Waals surface area contributed by atoms with E-state index in [0.717, 1.165) is 94.7 Å². The summed E-state index contributed by atoms with van der Waals surface area (Å²) in [5, 5.41) is 5.30. The molecule has 20 atom stereocenters. The first kappa shape index (κ1) is 83.0. The molecule has 682 valence electrons. The van der Waals surface area contributed by atoms with Gasteiger partial charge in [0.15, 0.2) is 0 Å². The molecular weight excluding hydrogens is 1610 g/mol. The normalized spacial score (nSPS) is 31.3. The van der Waals surface area contributed by atoms with E-state index in [0.29, 0.717) is 47.3 Å². The summed E-state index contributed by atoms with van der Waals surface area (Å²) in [5.41, 5.74) is 33.8. The van der Waals surface area contributed by atoms with Crippen molar-refractivity contribution in [3.05, 3.63) is 287 Å². The van der Waals surface area contributed by atoms with Crippen LogP contribution in [0.3, 0.4) is 0 Å². The Kier molecular flexibility index (Phi) is 21.3. The molecule has 12 aromatic rings. The van der Waals surface area contributed by atoms with Crippen LogP contribution in [0.5, 0.6) is 0 Å². The van der Waals surface area contributed by atoms with E-state index in [2.05, 4.69) is 252 Å². The van der Waals surface area contributed by atoms with Crippen molar-refractivity contribution < 1.29 is 0 Å². The molecule has 0 aromatic heterocycles. The molecule has 0 spiro atoms. The molecule has 0 heterocycles. The average Bonchev–Trinajstić information content (AvgIpc) is 1.39. The van der Waals surface area contributed by atoms with Crippen molar-refractivity contribution in [2.45, 2.75) is 304 Å². The Morgan fingerprint density at radius 2 is 0.418 bits per heavy atom. The fraction of sp³-hybridized carbons (Fsp3) is 0.485. The van der Waals surface area contributed by atoms with E-state index in [-0.39, 0.29) is 0 Å². The highest BCUT2D eigenvalue weighted by Crippen LogP contribution is 2.70. The first-order chi connectivity index (χ1) is 66.3. The quantitative estimate of drug-likeness (QED) is 0.0588. The zero-order chi connectivity index (χ0) is 87.7. The second-order valence-corrected chi connectivity index (χ2v) is 48.2. The van der Waals surface area contributed by atoms with Gasteiger partial charge in [-0.25, -0.2) is 0 Å². The van der Waals surface area contributed by atoms with Crippen LogP contribution in [-0.2, 0) is 0 Å². The van der Waals surface area contributed by atoms with Gasteiger partial charge in [-0.05, 0) is 463 Å². The molecule has 0 radical (unpaired) electrons. The molecule has 28 rings (SSSR count). The summed E-state index contributed by atoms with van der Waals surface area (Å²) in [5.74, 6) is 18.5. The van der Waals surface area contributed by atoms with Crippen LogP contribution < -0.4 is 9.80 Å². The van der Waals surface area contributed by atoms with Gasteiger partial charge in [-0.1, -0.05) is 279 Å². The lowest BCUT2D eigenvalue weighted by Gasteiger charge is -2.37. The number of hydrogen-bond donors (Lipinski definition) is 0. The van der Waals surface area contributed by atoms with Gasteiger partial charge < -0.3 is 9.80 Å². The third-order valence-electron chi connectivity index (χ3n) is 42.0. The van der Waals surface area contributed by atoms with Crippen molar-refractivity contribution in [2.75, 3.05) is 9.80 Å². The Labute approximate surface area is 801 Å². The highest BCUT2D eigenvalue weighted by Gasteiger charge is 2.59. The van der Waals surface area contributed by atoms with E-state index in [1.54, 1.807) is 22.3 Å². The van der Waals surface area contributed by atoms with Gasteiger partial charge >= 0.3 is 0 Å². The zero-order valence-electron chi connectivity index (χ0n) is 80.1. The molecule has 12 aromatic carbocycles. The van der Waals surface area contributed by atoms with Crippen LogP contribution in [0.15, 0.2) is 243 Å². The van der Waals surface area contributed by atoms with Gasteiger partial charge in [-0.15, -0.1) is 0 Å². The monoisotopic (exact) mass is 1760 g/mol. The van der Waals surface area contributed by atoms with Crippen LogP contribution in [0.25, 0.3) is 77.2 Å². The topological polar surface area (TPSA) is 6.48 Å². The predicted molar refractivity (Wildman–Crippen MR) is 560 cm³/mol. The van der Waals surface area contributed by atoms with Crippen LogP contribution in [0.2, 0.25) is 0 Å². The lowest BCUT2D eigenvalue weighted by atomic mass is 9.70. The molecule has 16 aliphatic carbocycles. The highest BCUT2D eigenvalue weighted by atomic mass is 15.2. The van der Waals surface area contributed by atoms with Crippen LogP contribution in [0.1, 0.15) is 349 Å². The lowest BCUT2D eigenvalue weighted by Crippen LogP contribution is -2.25. The molecular formula is C132H144N2. The third-order valence-corrected chi connectivity index (χ3v) is 42.0. The number of rotatable bonds is 19. The molecule has 0 amide bonds. The Morgan fingerprint density at radius 1 is 0.157 bits per heavy atom. The summed E-state index contributed by atoms with van der Waals surface area (Å²) >= 11 is 0. The van der Waals surface area contributed by atoms with E-state index in [1.807, 2.05) is 0 Å². The molecule has 2 nitrogen and oxygen atoms in total. The largest absolute Gasteiger partial charge is 0.309 e. The molecule has 0 N–H and O–H groups in total. The lowest BCUT2D eigenvalue weighted by molar-refractivity contribution is 0.229. The number of benzene rings is 12. The van der Waals surface area contributed by atoms with Gasteiger partial charge in [0.2, 0.25) is 0 Å². The summed E-state index contributed by atoms with van der Waals surface area (Å²) in [6, 6.07) is 104. The molecule has 20 unspecified atom stereocenters. The van der Waals surface area contributed by atoms with E-state index >= 15 is 0 Å². The van der Waals surface area contributed by atoms with Crippen molar-refractivity contribution >= 4 is 55.7 Å². The average molecular weight is 1760 g/mol. The second kappa shape index (κ2) is 34.4. The fourth-order valence-corrected chi connectivity index (χ4v) is 36.2. The Balaban J connectivity index is 0.722. The summed E-state index contributed by atoms with van der Waals surface area (Å²) in [6.45, 7) is 0. The van der Waals surface area contributed by atoms with Crippen molar-refractivity contribution in [1.82, 2.24) is 0 Å². The molecule has 2 heteroatoms. The SMILES string of the molecule is c1ccc(-c2ccc3c(N(c4cc(-c5ccc(C6CCCCC6)cc5)cc(-c5ccc(C6CCCCC6)cc5)c4)c4cc(C5CC6CC5C5CCCC65)cc(C5CC6CC5C5CCCC65)c4)c4ccccc4c(N(c4cc(-c5ccc(C6CCCCC6)cc5)cc(-c5ccc(C6CCCCC6)cc5)c4)c4cc(C5CC6CC5C5CCCC65)cc(C5CC6CC5C5CCCC65)c4)c3c2)cc1. The van der Waals surface area contributed by atoms with Crippen molar-refractivity contribution in [3.63, 3.8) is 0 Å². The molecule has 16 aliphatic rings. The number of fused-ring (bicyclic) bond motifs is 22. The standard InChI is InChI=1S/C132H144N2/c1-6-22-81(23-7-1)86-42-50-90(51-43-86)95-60-96(91-52-44-87(45-53-91)82-24-8-2-9-25-82)65-107(64-95)133(109-68-99(122-73-103-77-126(122)115-38-18-34-111(103)115)62-100(69-109)123-74-104-78-127(123)116-39-19-35-112(104)116)131-119-32-16-17-33-120(119)132(130-72-94(58-59-121(130)131)85-30-14-5-15-31-85)134(110-70-101(124-75-105-79-128(124)117-40-20-36-113(105)117)63-102(71-110)125-76-106-80-129(125)118-41-21-37-114(106)118)108-66-97(92-54-46-88(47-55-92)83-26-10-3-11-27-83)61-98(67-108)93-56-48-89(49-57-93)84-28-12-4-13-29-84/h5,14-17,30-33,42-72,81-84,103-106,111-118,122-129H,1-4,6-13,18-29,34-41,73-80H2. The molecule has 134 heavy (non-hydrogen) atoms. The van der Waals surface area contributed by atoms with Crippen LogP contribution in [0.4, 0.5) is 34.1 Å². The Hall–Kier alpha value is -9.24. The van der Waals surface area contributed by atoms with Crippen LogP contribution >= 0.6 is 0 Å². The van der Waals surface area contributed by atoms with E-state index in [9.17, 15) is 0 Å². The zero-order valence-corrected chi connectivity index (χ0v) is 80.1. The smallest absolute Gasteiger partial charge is 0.0620 e. The molecule has 0 saturated heterocycles. The minimum absolute atomic E-state index is 0.572. The van der Waals surface area contributed by atoms with Gasteiger partial charge in [0.25, 0.3) is 0 Å². The van der Waals surface area contributed by atoms with Gasteiger partial charge in [-0.3, -0.25) is 0 Å². The van der Waals surface area contributed by atoms with Crippen LogP contribution in [-0.4, -0.2) is 0 Å². The van der Waals surface area contributed by atoms with Gasteiger partial charge in [0.05, 0.1) is 11.4 Å². The molecule has 0 aliphatic heterocycles. The van der Waals surface area contributed by atoms with Gasteiger partial charge in [0, 0.05) is 44.3 Å². The minimum Gasteiger partial charge on any atom is -0.309 e. The molecule has 8 bridgehead atoms. The summed E-state index contributed by atoms with van der Waals surface area (Å²) in [4.78, 5) is 5.97. The second-order valence-electron chi connectivity index (χ2n) is 48.2. The van der Waals surface area contributed by atoms with E-state index in [4.69, 9.17) is 0 Å². The maximum Gasteiger partial charge on any atom is 0.0620 e. The molecule has 16 saturated carbocycles. The Bertz CT molecular complexity index is 6080. The van der Waals surface area contributed by atoms with Crippen molar-refractivity contribution in [1.29, 1.82) is 0 Å². The van der Waals surface area contributed by atoms with Crippen molar-refractivity contribution in [2.24, 2.45) is 94.7 Å². The number of anilines is 6. The van der Waals surface area contributed by atoms with Crippen molar-refractivity contribution in [3.8, 4) is 55.6 Å². The maximum absolute atomic E-state index is 2.99. The first-order valence-electron chi connectivity index (χ1n) is 56.0. The summed E-state index contributed by atoms with van der Waals surface area (Å²) in [6.07, 6.45) is 55.1. The third kappa shape index (κ3) is 14.5. The van der Waals surface area contributed by atoms with Gasteiger partial charge in [0.1, 0.15) is 0 Å². The predicted octanol–water partition coefficient (Wildman–Crippen LogP) is 37.6. The maximum atomic E-state index is 2.99. The molecule has 16 fully saturated rings. The summed E-state index contributed by atoms with van der Waals surface area (Å²) < 4.78 is 0.